The van der Waals surface area contributed by atoms with E-state index < -0.39 is 0 Å². The summed E-state index contributed by atoms with van der Waals surface area (Å²) in [7, 11) is 3.80. The average molecular weight is 484 g/mol. The molecule has 0 saturated carbocycles. The number of aromatic amines is 1. The van der Waals surface area contributed by atoms with E-state index in [2.05, 4.69) is 31.2 Å². The summed E-state index contributed by atoms with van der Waals surface area (Å²) in [4.78, 5) is 14.4. The molecule has 0 aliphatic rings. The number of hydrogen-bond donors (Lipinski definition) is 2. The summed E-state index contributed by atoms with van der Waals surface area (Å²) in [5.74, 6) is 1.82. The molecule has 3 aromatic rings. The first-order valence-corrected chi connectivity index (χ1v) is 8.63. The van der Waals surface area contributed by atoms with E-state index in [0.717, 1.165) is 52.9 Å². The molecule has 0 aliphatic heterocycles. The molecule has 138 valence electrons. The van der Waals surface area contributed by atoms with Gasteiger partial charge in [-0.1, -0.05) is 35.9 Å². The predicted octanol–water partition coefficient (Wildman–Crippen LogP) is 4.08. The highest BCUT2D eigenvalue weighted by atomic mass is 127. The van der Waals surface area contributed by atoms with E-state index in [9.17, 15) is 0 Å². The number of guanidine groups is 1. The highest BCUT2D eigenvalue weighted by Crippen LogP contribution is 2.12. The fraction of sp³-hybridized carbons (Fsp3) is 0.263. The van der Waals surface area contributed by atoms with Crippen LogP contribution in [0.25, 0.3) is 11.0 Å². The minimum atomic E-state index is 0. The van der Waals surface area contributed by atoms with Gasteiger partial charge in [0.25, 0.3) is 0 Å². The van der Waals surface area contributed by atoms with Crippen LogP contribution in [-0.4, -0.2) is 41.5 Å². The lowest BCUT2D eigenvalue weighted by Crippen LogP contribution is -2.39. The Morgan fingerprint density at radius 1 is 1.23 bits per heavy atom. The normalized spacial score (nSPS) is 11.3. The van der Waals surface area contributed by atoms with Crippen LogP contribution in [0.1, 0.15) is 11.4 Å². The summed E-state index contributed by atoms with van der Waals surface area (Å²) in [6.07, 6.45) is 0.804. The van der Waals surface area contributed by atoms with Crippen molar-refractivity contribution in [1.82, 2.24) is 20.2 Å². The van der Waals surface area contributed by atoms with Gasteiger partial charge >= 0.3 is 0 Å². The molecule has 3 rings (SSSR count). The van der Waals surface area contributed by atoms with E-state index >= 15 is 0 Å². The topological polar surface area (TPSA) is 56.3 Å². The molecular weight excluding hydrogens is 461 g/mol. The monoisotopic (exact) mass is 483 g/mol. The van der Waals surface area contributed by atoms with Gasteiger partial charge in [0.1, 0.15) is 5.82 Å². The lowest BCUT2D eigenvalue weighted by Gasteiger charge is -2.22. The van der Waals surface area contributed by atoms with E-state index in [1.807, 2.05) is 49.5 Å². The number of hydrogen-bond acceptors (Lipinski definition) is 2. The number of benzene rings is 2. The Morgan fingerprint density at radius 2 is 2.04 bits per heavy atom. The Hall–Kier alpha value is -1.80. The maximum absolute atomic E-state index is 6.05. The second-order valence-electron chi connectivity index (χ2n) is 5.91. The molecule has 2 N–H and O–H groups in total. The van der Waals surface area contributed by atoms with Crippen molar-refractivity contribution in [2.75, 3.05) is 20.6 Å². The zero-order valence-corrected chi connectivity index (χ0v) is 18.0. The molecule has 0 fully saturated rings. The van der Waals surface area contributed by atoms with Crippen molar-refractivity contribution < 1.29 is 0 Å². The number of para-hydroxylation sites is 2. The van der Waals surface area contributed by atoms with Crippen molar-refractivity contribution in [3.63, 3.8) is 0 Å². The smallest absolute Gasteiger partial charge is 0.193 e. The zero-order chi connectivity index (χ0) is 17.6. The van der Waals surface area contributed by atoms with E-state index in [4.69, 9.17) is 11.6 Å². The van der Waals surface area contributed by atoms with Crippen LogP contribution in [0.15, 0.2) is 53.5 Å². The molecular formula is C19H23ClIN5. The number of fused-ring (bicyclic) bond motifs is 1. The second-order valence-corrected chi connectivity index (χ2v) is 6.35. The quantitative estimate of drug-likeness (QED) is 0.327. The summed E-state index contributed by atoms with van der Waals surface area (Å²) in [6.45, 7) is 1.50. The Balaban J connectivity index is 0.00000243. The third-order valence-electron chi connectivity index (χ3n) is 3.97. The molecule has 7 heteroatoms. The first-order chi connectivity index (χ1) is 12.2. The highest BCUT2D eigenvalue weighted by Gasteiger charge is 2.08. The van der Waals surface area contributed by atoms with Crippen molar-refractivity contribution in [3.05, 3.63) is 64.9 Å². The van der Waals surface area contributed by atoms with Crippen LogP contribution in [0.2, 0.25) is 5.02 Å². The van der Waals surface area contributed by atoms with Crippen LogP contribution < -0.4 is 5.32 Å². The van der Waals surface area contributed by atoms with E-state index in [-0.39, 0.29) is 24.0 Å². The Kier molecular flexibility index (Phi) is 7.71. The molecule has 26 heavy (non-hydrogen) atoms. The molecule has 1 aromatic heterocycles. The molecule has 0 atom stereocenters. The number of aromatic nitrogens is 2. The van der Waals surface area contributed by atoms with Gasteiger partial charge in [-0.2, -0.15) is 0 Å². The van der Waals surface area contributed by atoms with Crippen LogP contribution >= 0.6 is 35.6 Å². The van der Waals surface area contributed by atoms with Gasteiger partial charge in [0.2, 0.25) is 0 Å². The molecule has 2 aromatic carbocycles. The SMILES string of the molecule is CN=C(NCCc1nc2ccccc2[nH]1)N(C)Cc1cccc(Cl)c1.I. The first-order valence-electron chi connectivity index (χ1n) is 8.25. The maximum Gasteiger partial charge on any atom is 0.193 e. The van der Waals surface area contributed by atoms with Gasteiger partial charge in [-0.15, -0.1) is 24.0 Å². The predicted molar refractivity (Wildman–Crippen MR) is 119 cm³/mol. The molecule has 0 unspecified atom stereocenters. The van der Waals surface area contributed by atoms with Gasteiger partial charge in [-0.05, 0) is 29.8 Å². The number of imidazole rings is 1. The molecule has 0 radical (unpaired) electrons. The van der Waals surface area contributed by atoms with E-state index in [0.29, 0.717) is 0 Å². The lowest BCUT2D eigenvalue weighted by molar-refractivity contribution is 0.477. The maximum atomic E-state index is 6.05. The summed E-state index contributed by atoms with van der Waals surface area (Å²) in [5, 5.41) is 4.13. The Morgan fingerprint density at radius 3 is 2.77 bits per heavy atom. The van der Waals surface area contributed by atoms with Crippen molar-refractivity contribution in [1.29, 1.82) is 0 Å². The number of nitrogens with one attached hydrogen (secondary N) is 2. The van der Waals surface area contributed by atoms with Crippen LogP contribution in [0.3, 0.4) is 0 Å². The minimum absolute atomic E-state index is 0. The van der Waals surface area contributed by atoms with E-state index in [1.165, 1.54) is 0 Å². The minimum Gasteiger partial charge on any atom is -0.356 e. The summed E-state index contributed by atoms with van der Waals surface area (Å²) in [6, 6.07) is 15.9. The van der Waals surface area contributed by atoms with Crippen molar-refractivity contribution in [2.45, 2.75) is 13.0 Å². The van der Waals surface area contributed by atoms with Gasteiger partial charge in [0.15, 0.2) is 5.96 Å². The van der Waals surface area contributed by atoms with E-state index in [1.54, 1.807) is 7.05 Å². The van der Waals surface area contributed by atoms with Gasteiger partial charge < -0.3 is 15.2 Å². The summed E-state index contributed by atoms with van der Waals surface area (Å²) >= 11 is 6.05. The fourth-order valence-corrected chi connectivity index (χ4v) is 3.00. The van der Waals surface area contributed by atoms with Crippen LogP contribution in [0.4, 0.5) is 0 Å². The summed E-state index contributed by atoms with van der Waals surface area (Å²) in [5.41, 5.74) is 3.22. The third-order valence-corrected chi connectivity index (χ3v) is 4.20. The van der Waals surface area contributed by atoms with Crippen LogP contribution in [0.5, 0.6) is 0 Å². The standard InChI is InChI=1S/C19H22ClN5.HI/c1-21-19(25(2)13-14-6-5-7-15(20)12-14)22-11-10-18-23-16-8-3-4-9-17(16)24-18;/h3-9,12H,10-11,13H2,1-2H3,(H,21,22)(H,23,24);1H. The number of rotatable bonds is 5. The molecule has 0 saturated heterocycles. The van der Waals surface area contributed by atoms with Gasteiger partial charge in [-0.25, -0.2) is 4.98 Å². The molecule has 1 heterocycles. The van der Waals surface area contributed by atoms with Crippen molar-refractivity contribution >= 4 is 52.6 Å². The van der Waals surface area contributed by atoms with Gasteiger partial charge in [0.05, 0.1) is 11.0 Å². The largest absolute Gasteiger partial charge is 0.356 e. The van der Waals surface area contributed by atoms with Crippen molar-refractivity contribution in [3.8, 4) is 0 Å². The second kappa shape index (κ2) is 9.78. The average Bonchev–Trinajstić information content (AvgIpc) is 3.01. The van der Waals surface area contributed by atoms with Crippen molar-refractivity contribution in [2.24, 2.45) is 4.99 Å². The molecule has 0 bridgehead atoms. The summed E-state index contributed by atoms with van der Waals surface area (Å²) < 4.78 is 0. The molecule has 5 nitrogen and oxygen atoms in total. The van der Waals surface area contributed by atoms with Gasteiger partial charge in [-0.3, -0.25) is 4.99 Å². The Labute approximate surface area is 175 Å². The van der Waals surface area contributed by atoms with Gasteiger partial charge in [0, 0.05) is 38.6 Å². The lowest BCUT2D eigenvalue weighted by atomic mass is 10.2. The molecule has 0 amide bonds. The highest BCUT2D eigenvalue weighted by molar-refractivity contribution is 14.0. The first kappa shape index (κ1) is 20.5. The zero-order valence-electron chi connectivity index (χ0n) is 14.9. The molecule has 0 spiro atoms. The van der Waals surface area contributed by atoms with Crippen LogP contribution in [0, 0.1) is 0 Å². The third kappa shape index (κ3) is 5.35. The number of H-pyrrole nitrogens is 1. The fourth-order valence-electron chi connectivity index (χ4n) is 2.79. The van der Waals surface area contributed by atoms with Crippen LogP contribution in [-0.2, 0) is 13.0 Å². The number of aliphatic imine (C=N–C) groups is 1. The number of nitrogens with zero attached hydrogens (tertiary/aromatic N) is 3. The Bertz CT molecular complexity index is 844. The molecule has 0 aliphatic carbocycles. The number of halogens is 2.